The van der Waals surface area contributed by atoms with Gasteiger partial charge in [0.05, 0.1) is 0 Å². The Hall–Kier alpha value is -1.55. The zero-order valence-corrected chi connectivity index (χ0v) is 10.2. The Kier molecular flexibility index (Phi) is 3.10. The first-order chi connectivity index (χ1) is 7.65. The van der Waals surface area contributed by atoms with Gasteiger partial charge in [-0.1, -0.05) is 0 Å². The van der Waals surface area contributed by atoms with Crippen LogP contribution in [0.4, 0.5) is 0 Å². The van der Waals surface area contributed by atoms with Crippen LogP contribution in [-0.4, -0.2) is 10.1 Å². The van der Waals surface area contributed by atoms with Crippen molar-refractivity contribution < 1.29 is 9.84 Å². The fourth-order valence-electron chi connectivity index (χ4n) is 1.20. The molecule has 0 aliphatic carbocycles. The molecule has 0 saturated heterocycles. The quantitative estimate of drug-likeness (QED) is 0.913. The summed E-state index contributed by atoms with van der Waals surface area (Å²) in [6, 6.07) is 8.36. The van der Waals surface area contributed by atoms with Crippen molar-refractivity contribution in [3.8, 4) is 17.4 Å². The Balaban J connectivity index is 2.20. The lowest BCUT2D eigenvalue weighted by Crippen LogP contribution is -1.88. The Bertz CT molecular complexity index is 497. The van der Waals surface area contributed by atoms with Crippen molar-refractivity contribution in [2.75, 3.05) is 0 Å². The van der Waals surface area contributed by atoms with E-state index in [1.54, 1.807) is 30.5 Å². The predicted molar refractivity (Wildman–Crippen MR) is 64.9 cm³/mol. The van der Waals surface area contributed by atoms with Gasteiger partial charge in [0.25, 0.3) is 0 Å². The lowest BCUT2D eigenvalue weighted by atomic mass is 10.3. The third-order valence-electron chi connectivity index (χ3n) is 2.08. The molecule has 0 aliphatic rings. The molecule has 0 saturated carbocycles. The van der Waals surface area contributed by atoms with E-state index in [2.05, 4.69) is 20.9 Å². The van der Waals surface area contributed by atoms with Crippen LogP contribution in [0.2, 0.25) is 0 Å². The Morgan fingerprint density at radius 3 is 2.56 bits per heavy atom. The normalized spacial score (nSPS) is 10.1. The van der Waals surface area contributed by atoms with Crippen molar-refractivity contribution in [3.05, 3.63) is 46.6 Å². The maximum absolute atomic E-state index is 9.13. The highest BCUT2D eigenvalue weighted by Crippen LogP contribution is 2.24. The van der Waals surface area contributed by atoms with Gasteiger partial charge >= 0.3 is 0 Å². The van der Waals surface area contributed by atoms with Crippen molar-refractivity contribution >= 4 is 15.9 Å². The van der Waals surface area contributed by atoms with Gasteiger partial charge in [-0.2, -0.15) is 0 Å². The van der Waals surface area contributed by atoms with E-state index in [0.29, 0.717) is 11.6 Å². The molecule has 0 fully saturated rings. The van der Waals surface area contributed by atoms with Crippen LogP contribution in [0.15, 0.2) is 41.0 Å². The van der Waals surface area contributed by atoms with Crippen molar-refractivity contribution in [1.29, 1.82) is 0 Å². The van der Waals surface area contributed by atoms with Crippen molar-refractivity contribution in [2.24, 2.45) is 0 Å². The van der Waals surface area contributed by atoms with Crippen molar-refractivity contribution in [1.82, 2.24) is 4.98 Å². The van der Waals surface area contributed by atoms with Crippen LogP contribution >= 0.6 is 15.9 Å². The number of aromatic hydroxyl groups is 1. The summed E-state index contributed by atoms with van der Waals surface area (Å²) in [7, 11) is 0. The van der Waals surface area contributed by atoms with Crippen LogP contribution in [0.1, 0.15) is 5.56 Å². The lowest BCUT2D eigenvalue weighted by molar-refractivity contribution is 0.453. The minimum atomic E-state index is 0.215. The maximum atomic E-state index is 9.13. The van der Waals surface area contributed by atoms with Gasteiger partial charge in [0.2, 0.25) is 5.88 Å². The smallest absolute Gasteiger partial charge is 0.219 e. The average Bonchev–Trinajstić information content (AvgIpc) is 2.27. The summed E-state index contributed by atoms with van der Waals surface area (Å²) >= 11 is 3.37. The van der Waals surface area contributed by atoms with E-state index < -0.39 is 0 Å². The molecule has 4 heteroatoms. The minimum Gasteiger partial charge on any atom is -0.508 e. The largest absolute Gasteiger partial charge is 0.508 e. The van der Waals surface area contributed by atoms with E-state index in [-0.39, 0.29) is 5.75 Å². The van der Waals surface area contributed by atoms with Gasteiger partial charge in [0.1, 0.15) is 11.5 Å². The van der Waals surface area contributed by atoms with Gasteiger partial charge < -0.3 is 9.84 Å². The van der Waals surface area contributed by atoms with E-state index in [1.807, 2.05) is 13.0 Å². The highest BCUT2D eigenvalue weighted by Gasteiger charge is 2.01. The molecule has 0 spiro atoms. The number of rotatable bonds is 2. The highest BCUT2D eigenvalue weighted by atomic mass is 79.9. The molecule has 0 aliphatic heterocycles. The Labute approximate surface area is 102 Å². The lowest BCUT2D eigenvalue weighted by Gasteiger charge is -2.06. The molecule has 2 rings (SSSR count). The second-order valence-electron chi connectivity index (χ2n) is 3.37. The molecule has 1 aromatic heterocycles. The summed E-state index contributed by atoms with van der Waals surface area (Å²) in [6.07, 6.45) is 1.70. The van der Waals surface area contributed by atoms with E-state index in [0.717, 1.165) is 10.0 Å². The molecule has 2 aromatic rings. The molecule has 1 N–H and O–H groups in total. The number of ether oxygens (including phenoxy) is 1. The molecule has 3 nitrogen and oxygen atoms in total. The summed E-state index contributed by atoms with van der Waals surface area (Å²) in [6.45, 7) is 1.97. The third-order valence-corrected chi connectivity index (χ3v) is 2.91. The molecule has 0 amide bonds. The average molecular weight is 280 g/mol. The summed E-state index contributed by atoms with van der Waals surface area (Å²) in [5, 5.41) is 9.13. The fraction of sp³-hybridized carbons (Fsp3) is 0.0833. The molecule has 0 atom stereocenters. The van der Waals surface area contributed by atoms with E-state index in [9.17, 15) is 0 Å². The number of aryl methyl sites for hydroxylation is 1. The third kappa shape index (κ3) is 2.52. The van der Waals surface area contributed by atoms with Gasteiger partial charge in [-0.25, -0.2) is 4.98 Å². The fourth-order valence-corrected chi connectivity index (χ4v) is 1.42. The molecule has 0 unspecified atom stereocenters. The first-order valence-electron chi connectivity index (χ1n) is 4.74. The van der Waals surface area contributed by atoms with Gasteiger partial charge in [-0.05, 0) is 52.7 Å². The topological polar surface area (TPSA) is 42.4 Å². The predicted octanol–water partition coefficient (Wildman–Crippen LogP) is 3.65. The van der Waals surface area contributed by atoms with Crippen LogP contribution in [0.25, 0.3) is 0 Å². The van der Waals surface area contributed by atoms with Gasteiger partial charge in [0.15, 0.2) is 0 Å². The number of hydrogen-bond donors (Lipinski definition) is 1. The van der Waals surface area contributed by atoms with Crippen molar-refractivity contribution in [2.45, 2.75) is 6.92 Å². The number of benzene rings is 1. The second-order valence-corrected chi connectivity index (χ2v) is 4.22. The highest BCUT2D eigenvalue weighted by molar-refractivity contribution is 9.10. The van der Waals surface area contributed by atoms with Gasteiger partial charge in [0, 0.05) is 16.7 Å². The number of halogens is 1. The summed E-state index contributed by atoms with van der Waals surface area (Å²) in [5.74, 6) is 1.39. The number of nitrogens with zero attached hydrogens (tertiary/aromatic N) is 1. The minimum absolute atomic E-state index is 0.215. The summed E-state index contributed by atoms with van der Waals surface area (Å²) in [4.78, 5) is 4.13. The molecular weight excluding hydrogens is 270 g/mol. The zero-order valence-electron chi connectivity index (χ0n) is 8.64. The molecule has 0 bridgehead atoms. The summed E-state index contributed by atoms with van der Waals surface area (Å²) < 4.78 is 6.48. The number of pyridine rings is 1. The number of phenols is 1. The van der Waals surface area contributed by atoms with Crippen LogP contribution < -0.4 is 4.74 Å². The molecule has 1 heterocycles. The SMILES string of the molecule is Cc1cc(Oc2ccc(O)cc2)ncc1Br. The van der Waals surface area contributed by atoms with Crippen LogP contribution in [0, 0.1) is 6.92 Å². The molecule has 16 heavy (non-hydrogen) atoms. The molecule has 0 radical (unpaired) electrons. The molecular formula is C12H10BrNO2. The monoisotopic (exact) mass is 279 g/mol. The first kappa shape index (κ1) is 11.0. The Morgan fingerprint density at radius 2 is 1.94 bits per heavy atom. The molecule has 82 valence electrons. The second kappa shape index (κ2) is 4.53. The molecule has 1 aromatic carbocycles. The van der Waals surface area contributed by atoms with Gasteiger partial charge in [-0.3, -0.25) is 0 Å². The van der Waals surface area contributed by atoms with Crippen LogP contribution in [-0.2, 0) is 0 Å². The standard InChI is InChI=1S/C12H10BrNO2/c1-8-6-12(14-7-11(8)13)16-10-4-2-9(15)3-5-10/h2-7,15H,1H3. The number of aromatic nitrogens is 1. The Morgan fingerprint density at radius 1 is 1.25 bits per heavy atom. The summed E-state index contributed by atoms with van der Waals surface area (Å²) in [5.41, 5.74) is 1.06. The maximum Gasteiger partial charge on any atom is 0.219 e. The first-order valence-corrected chi connectivity index (χ1v) is 5.53. The van der Waals surface area contributed by atoms with Gasteiger partial charge in [-0.15, -0.1) is 0 Å². The van der Waals surface area contributed by atoms with E-state index >= 15 is 0 Å². The number of hydrogen-bond acceptors (Lipinski definition) is 3. The zero-order chi connectivity index (χ0) is 11.5. The van der Waals surface area contributed by atoms with E-state index in [4.69, 9.17) is 9.84 Å². The van der Waals surface area contributed by atoms with Crippen LogP contribution in [0.3, 0.4) is 0 Å². The van der Waals surface area contributed by atoms with E-state index in [1.165, 1.54) is 0 Å². The van der Waals surface area contributed by atoms with Crippen molar-refractivity contribution in [3.63, 3.8) is 0 Å². The number of phenolic OH excluding ortho intramolecular Hbond substituents is 1. The van der Waals surface area contributed by atoms with Crippen LogP contribution in [0.5, 0.6) is 17.4 Å².